The zero-order valence-electron chi connectivity index (χ0n) is 10.9. The molecule has 0 heterocycles. The van der Waals surface area contributed by atoms with E-state index in [1.807, 2.05) is 18.2 Å². The molecule has 20 heavy (non-hydrogen) atoms. The minimum absolute atomic E-state index is 0.0511. The van der Waals surface area contributed by atoms with E-state index in [0.717, 1.165) is 11.4 Å². The van der Waals surface area contributed by atoms with Crippen molar-refractivity contribution in [1.29, 1.82) is 0 Å². The first-order valence-corrected chi connectivity index (χ1v) is 8.15. The van der Waals surface area contributed by atoms with Gasteiger partial charge in [0.15, 0.2) is 0 Å². The SMILES string of the molecule is CCS(=O)(=O)Nc1ccc(Nc2cccc(Cl)c2)cc1. The largest absolute Gasteiger partial charge is 0.355 e. The molecule has 0 saturated heterocycles. The van der Waals surface area contributed by atoms with Crippen LogP contribution in [0.3, 0.4) is 0 Å². The van der Waals surface area contributed by atoms with Gasteiger partial charge in [0.2, 0.25) is 10.0 Å². The summed E-state index contributed by atoms with van der Waals surface area (Å²) in [6.07, 6.45) is 0. The van der Waals surface area contributed by atoms with E-state index in [1.165, 1.54) is 0 Å². The lowest BCUT2D eigenvalue weighted by molar-refractivity contribution is 0.602. The van der Waals surface area contributed by atoms with Crippen molar-refractivity contribution < 1.29 is 8.42 Å². The highest BCUT2D eigenvalue weighted by Crippen LogP contribution is 2.21. The second kappa shape index (κ2) is 6.15. The molecule has 0 unspecified atom stereocenters. The fraction of sp³-hybridized carbons (Fsp3) is 0.143. The van der Waals surface area contributed by atoms with E-state index in [4.69, 9.17) is 11.6 Å². The van der Waals surface area contributed by atoms with Crippen molar-refractivity contribution in [3.05, 3.63) is 53.6 Å². The number of anilines is 3. The lowest BCUT2D eigenvalue weighted by Crippen LogP contribution is -2.14. The molecule has 0 atom stereocenters. The van der Waals surface area contributed by atoms with Crippen molar-refractivity contribution in [1.82, 2.24) is 0 Å². The van der Waals surface area contributed by atoms with E-state index in [1.54, 1.807) is 37.3 Å². The Hall–Kier alpha value is -1.72. The summed E-state index contributed by atoms with van der Waals surface area (Å²) in [5.41, 5.74) is 2.27. The Morgan fingerprint density at radius 2 is 1.65 bits per heavy atom. The average Bonchev–Trinajstić information content (AvgIpc) is 2.41. The molecule has 0 spiro atoms. The molecule has 0 fully saturated rings. The Kier molecular flexibility index (Phi) is 4.52. The monoisotopic (exact) mass is 310 g/mol. The van der Waals surface area contributed by atoms with Crippen LogP contribution in [0, 0.1) is 0 Å². The van der Waals surface area contributed by atoms with Crippen molar-refractivity contribution in [3.8, 4) is 0 Å². The van der Waals surface area contributed by atoms with Gasteiger partial charge in [-0.2, -0.15) is 0 Å². The van der Waals surface area contributed by atoms with Crippen molar-refractivity contribution in [2.24, 2.45) is 0 Å². The van der Waals surface area contributed by atoms with Crippen LogP contribution in [0.5, 0.6) is 0 Å². The first-order valence-electron chi connectivity index (χ1n) is 6.11. The lowest BCUT2D eigenvalue weighted by atomic mass is 10.2. The second-order valence-electron chi connectivity index (χ2n) is 4.22. The fourth-order valence-corrected chi connectivity index (χ4v) is 2.44. The number of halogens is 1. The molecule has 0 aromatic heterocycles. The molecule has 6 heteroatoms. The van der Waals surface area contributed by atoms with Crippen LogP contribution in [0.1, 0.15) is 6.92 Å². The summed E-state index contributed by atoms with van der Waals surface area (Å²) >= 11 is 5.91. The minimum Gasteiger partial charge on any atom is -0.355 e. The topological polar surface area (TPSA) is 58.2 Å². The molecule has 0 aliphatic rings. The first kappa shape index (κ1) is 14.7. The van der Waals surface area contributed by atoms with E-state index in [-0.39, 0.29) is 5.75 Å². The van der Waals surface area contributed by atoms with E-state index in [9.17, 15) is 8.42 Å². The van der Waals surface area contributed by atoms with Crippen molar-refractivity contribution >= 4 is 38.7 Å². The van der Waals surface area contributed by atoms with Crippen LogP contribution >= 0.6 is 11.6 Å². The maximum atomic E-state index is 11.4. The van der Waals surface area contributed by atoms with Gasteiger partial charge in [-0.05, 0) is 49.4 Å². The van der Waals surface area contributed by atoms with E-state index < -0.39 is 10.0 Å². The standard InChI is InChI=1S/C14H15ClN2O2S/c1-2-20(18,19)17-13-8-6-12(7-9-13)16-14-5-3-4-11(15)10-14/h3-10,16-17H,2H2,1H3. The molecule has 2 rings (SSSR count). The maximum Gasteiger partial charge on any atom is 0.232 e. The van der Waals surface area contributed by atoms with Crippen LogP contribution in [0.25, 0.3) is 0 Å². The highest BCUT2D eigenvalue weighted by atomic mass is 35.5. The van der Waals surface area contributed by atoms with Crippen LogP contribution in [0.15, 0.2) is 48.5 Å². The lowest BCUT2D eigenvalue weighted by Gasteiger charge is -2.09. The highest BCUT2D eigenvalue weighted by molar-refractivity contribution is 7.92. The van der Waals surface area contributed by atoms with Gasteiger partial charge >= 0.3 is 0 Å². The first-order chi connectivity index (χ1) is 9.48. The second-order valence-corrected chi connectivity index (χ2v) is 6.67. The predicted octanol–water partition coefficient (Wildman–Crippen LogP) is 3.85. The Bertz CT molecular complexity index is 685. The van der Waals surface area contributed by atoms with Gasteiger partial charge in [0.05, 0.1) is 5.75 Å². The van der Waals surface area contributed by atoms with Crippen molar-refractivity contribution in [2.75, 3.05) is 15.8 Å². The normalized spacial score (nSPS) is 11.1. The quantitative estimate of drug-likeness (QED) is 0.882. The average molecular weight is 311 g/mol. The van der Waals surface area contributed by atoms with Gasteiger partial charge in [0.25, 0.3) is 0 Å². The maximum absolute atomic E-state index is 11.4. The number of hydrogen-bond acceptors (Lipinski definition) is 3. The van der Waals surface area contributed by atoms with Gasteiger partial charge < -0.3 is 5.32 Å². The van der Waals surface area contributed by atoms with Crippen molar-refractivity contribution in [2.45, 2.75) is 6.92 Å². The molecule has 2 aromatic carbocycles. The summed E-state index contributed by atoms with van der Waals surface area (Å²) in [7, 11) is -3.24. The highest BCUT2D eigenvalue weighted by Gasteiger charge is 2.06. The van der Waals surface area contributed by atoms with E-state index in [0.29, 0.717) is 10.7 Å². The van der Waals surface area contributed by atoms with E-state index >= 15 is 0 Å². The molecule has 0 radical (unpaired) electrons. The van der Waals surface area contributed by atoms with Crippen LogP contribution in [-0.2, 0) is 10.0 Å². The van der Waals surface area contributed by atoms with Crippen LogP contribution in [0.2, 0.25) is 5.02 Å². The minimum atomic E-state index is -3.24. The van der Waals surface area contributed by atoms with Crippen LogP contribution < -0.4 is 10.0 Å². The Morgan fingerprint density at radius 3 is 2.25 bits per heavy atom. The smallest absolute Gasteiger partial charge is 0.232 e. The van der Waals surface area contributed by atoms with Gasteiger partial charge in [-0.25, -0.2) is 8.42 Å². The third kappa shape index (κ3) is 4.15. The molecule has 4 nitrogen and oxygen atoms in total. The van der Waals surface area contributed by atoms with E-state index in [2.05, 4.69) is 10.0 Å². The van der Waals surface area contributed by atoms with Crippen LogP contribution in [-0.4, -0.2) is 14.2 Å². The molecule has 106 valence electrons. The molecule has 0 amide bonds. The number of sulfonamides is 1. The number of rotatable bonds is 5. The summed E-state index contributed by atoms with van der Waals surface area (Å²) in [4.78, 5) is 0. The third-order valence-electron chi connectivity index (χ3n) is 2.65. The summed E-state index contributed by atoms with van der Waals surface area (Å²) < 4.78 is 25.4. The van der Waals surface area contributed by atoms with Crippen molar-refractivity contribution in [3.63, 3.8) is 0 Å². The molecule has 0 saturated carbocycles. The number of benzene rings is 2. The molecular weight excluding hydrogens is 296 g/mol. The van der Waals surface area contributed by atoms with Gasteiger partial charge in [-0.1, -0.05) is 17.7 Å². The van der Waals surface area contributed by atoms with Gasteiger partial charge in [0.1, 0.15) is 0 Å². The molecule has 0 bridgehead atoms. The summed E-state index contributed by atoms with van der Waals surface area (Å²) in [6.45, 7) is 1.59. The fourth-order valence-electron chi connectivity index (χ4n) is 1.61. The molecular formula is C14H15ClN2O2S. The van der Waals surface area contributed by atoms with Gasteiger partial charge in [-0.3, -0.25) is 4.72 Å². The predicted molar refractivity (Wildman–Crippen MR) is 84.3 cm³/mol. The van der Waals surface area contributed by atoms with Crippen LogP contribution in [0.4, 0.5) is 17.1 Å². The molecule has 0 aliphatic heterocycles. The molecule has 2 aromatic rings. The van der Waals surface area contributed by atoms with Gasteiger partial charge in [0, 0.05) is 22.1 Å². The number of nitrogens with one attached hydrogen (secondary N) is 2. The Balaban J connectivity index is 2.09. The Labute approximate surface area is 123 Å². The summed E-state index contributed by atoms with van der Waals surface area (Å²) in [6, 6.07) is 14.4. The molecule has 2 N–H and O–H groups in total. The number of hydrogen-bond donors (Lipinski definition) is 2. The zero-order chi connectivity index (χ0) is 14.6. The third-order valence-corrected chi connectivity index (χ3v) is 4.19. The summed E-state index contributed by atoms with van der Waals surface area (Å²) in [5, 5.41) is 3.84. The van der Waals surface area contributed by atoms with Gasteiger partial charge in [-0.15, -0.1) is 0 Å². The molecule has 0 aliphatic carbocycles. The zero-order valence-corrected chi connectivity index (χ0v) is 12.5. The Morgan fingerprint density at radius 1 is 1.00 bits per heavy atom. The summed E-state index contributed by atoms with van der Waals surface area (Å²) in [5.74, 6) is 0.0511.